The van der Waals surface area contributed by atoms with E-state index in [4.69, 9.17) is 0 Å². The molecule has 148 valence electrons. The van der Waals surface area contributed by atoms with Crippen molar-refractivity contribution in [1.82, 2.24) is 5.32 Å². The van der Waals surface area contributed by atoms with Gasteiger partial charge >= 0.3 is 0 Å². The van der Waals surface area contributed by atoms with Crippen molar-refractivity contribution in [3.63, 3.8) is 0 Å². The Kier molecular flexibility index (Phi) is 11.7. The number of aromatic hydroxyl groups is 1. The van der Waals surface area contributed by atoms with Crippen LogP contribution in [0.4, 0.5) is 0 Å². The molecule has 4 N–H and O–H groups in total. The minimum Gasteiger partial charge on any atom is -0.508 e. The van der Waals surface area contributed by atoms with E-state index in [2.05, 4.69) is 12.2 Å². The number of hydrogen-bond acceptors (Lipinski definition) is 4. The highest BCUT2D eigenvalue weighted by atomic mass is 16.5. The van der Waals surface area contributed by atoms with Gasteiger partial charge in [-0.3, -0.25) is 4.79 Å². The minimum absolute atomic E-state index is 0.148. The third kappa shape index (κ3) is 10.4. The molecule has 0 heterocycles. The topological polar surface area (TPSA) is 89.8 Å². The molecule has 0 aromatic heterocycles. The zero-order chi connectivity index (χ0) is 19.2. The number of benzene rings is 1. The lowest BCUT2D eigenvalue weighted by molar-refractivity contribution is -0.127. The molecule has 0 saturated carbocycles. The predicted octanol–water partition coefficient (Wildman–Crippen LogP) is 3.65. The third-order valence-corrected chi connectivity index (χ3v) is 4.61. The van der Waals surface area contributed by atoms with Gasteiger partial charge < -0.3 is 20.6 Å². The molecule has 0 spiro atoms. The van der Waals surface area contributed by atoms with Gasteiger partial charge in [-0.1, -0.05) is 70.4 Å². The number of carbonyl (C=O) groups excluding carboxylic acids is 1. The van der Waals surface area contributed by atoms with Crippen molar-refractivity contribution in [3.05, 3.63) is 29.8 Å². The molecule has 5 nitrogen and oxygen atoms in total. The van der Waals surface area contributed by atoms with Crippen LogP contribution in [0.25, 0.3) is 0 Å². The van der Waals surface area contributed by atoms with E-state index in [1.165, 1.54) is 38.5 Å². The summed E-state index contributed by atoms with van der Waals surface area (Å²) in [5.41, 5.74) is 0.823. The van der Waals surface area contributed by atoms with Crippen molar-refractivity contribution in [2.75, 3.05) is 0 Å². The van der Waals surface area contributed by atoms with Crippen LogP contribution in [0.2, 0.25) is 0 Å². The number of unbranched alkanes of at least 4 members (excludes halogenated alkanes) is 8. The Hall–Kier alpha value is -1.59. The van der Waals surface area contributed by atoms with E-state index in [1.807, 2.05) is 0 Å². The Morgan fingerprint density at radius 2 is 1.46 bits per heavy atom. The SMILES string of the molecule is CCCCCCCCCCCC(=O)N[C@@H](Cc1ccc(O)cc1)C(O)O. The standard InChI is InChI=1S/C21H35NO4/c1-2-3-4-5-6-7-8-9-10-11-20(24)22-19(21(25)26)16-17-12-14-18(23)15-13-17/h12-15,19,21,23,25-26H,2-11,16H2,1H3,(H,22,24)/t19-/m0/s1. The van der Waals surface area contributed by atoms with Crippen molar-refractivity contribution in [2.45, 2.75) is 89.9 Å². The number of rotatable bonds is 14. The van der Waals surface area contributed by atoms with Gasteiger partial charge in [-0.05, 0) is 30.5 Å². The average molecular weight is 366 g/mol. The van der Waals surface area contributed by atoms with Crippen LogP contribution in [0.1, 0.15) is 76.7 Å². The summed E-state index contributed by atoms with van der Waals surface area (Å²) >= 11 is 0. The first-order valence-electron chi connectivity index (χ1n) is 9.96. The van der Waals surface area contributed by atoms with Crippen molar-refractivity contribution in [1.29, 1.82) is 0 Å². The van der Waals surface area contributed by atoms with E-state index in [1.54, 1.807) is 24.3 Å². The average Bonchev–Trinajstić information content (AvgIpc) is 2.61. The van der Waals surface area contributed by atoms with Gasteiger partial charge in [0.05, 0.1) is 6.04 Å². The lowest BCUT2D eigenvalue weighted by Gasteiger charge is -2.20. The molecule has 26 heavy (non-hydrogen) atoms. The zero-order valence-corrected chi connectivity index (χ0v) is 16.0. The molecule has 1 aromatic carbocycles. The molecule has 0 unspecified atom stereocenters. The van der Waals surface area contributed by atoms with Crippen molar-refractivity contribution in [2.24, 2.45) is 0 Å². The van der Waals surface area contributed by atoms with Crippen LogP contribution in [0.3, 0.4) is 0 Å². The number of amides is 1. The number of aliphatic hydroxyl groups excluding tert-OH is 1. The summed E-state index contributed by atoms with van der Waals surface area (Å²) in [6, 6.07) is 5.75. The summed E-state index contributed by atoms with van der Waals surface area (Å²) in [6.07, 6.45) is 9.84. The summed E-state index contributed by atoms with van der Waals surface area (Å²) in [5, 5.41) is 31.0. The lowest BCUT2D eigenvalue weighted by Crippen LogP contribution is -2.44. The molecule has 1 aromatic rings. The highest BCUT2D eigenvalue weighted by Crippen LogP contribution is 2.13. The molecule has 1 rings (SSSR count). The fourth-order valence-electron chi connectivity index (χ4n) is 2.99. The Morgan fingerprint density at radius 3 is 2.00 bits per heavy atom. The Labute approximate surface area is 157 Å². The second-order valence-corrected chi connectivity index (χ2v) is 7.04. The molecular weight excluding hydrogens is 330 g/mol. The van der Waals surface area contributed by atoms with Gasteiger partial charge in [0.25, 0.3) is 0 Å². The second kappa shape index (κ2) is 13.6. The molecule has 0 fully saturated rings. The highest BCUT2D eigenvalue weighted by molar-refractivity contribution is 5.76. The molecule has 0 aliphatic heterocycles. The fraction of sp³-hybridized carbons (Fsp3) is 0.667. The molecule has 0 aliphatic rings. The highest BCUT2D eigenvalue weighted by Gasteiger charge is 2.19. The number of carbonyl (C=O) groups is 1. The molecule has 1 amide bonds. The summed E-state index contributed by atoms with van der Waals surface area (Å²) in [5.74, 6) is 0.00840. The first-order valence-corrected chi connectivity index (χ1v) is 9.96. The number of nitrogens with one attached hydrogen (secondary N) is 1. The van der Waals surface area contributed by atoms with E-state index in [0.717, 1.165) is 24.8 Å². The predicted molar refractivity (Wildman–Crippen MR) is 104 cm³/mol. The molecule has 5 heteroatoms. The van der Waals surface area contributed by atoms with Gasteiger partial charge in [0.2, 0.25) is 5.91 Å². The van der Waals surface area contributed by atoms with E-state index in [0.29, 0.717) is 12.8 Å². The van der Waals surface area contributed by atoms with Crippen LogP contribution in [-0.2, 0) is 11.2 Å². The van der Waals surface area contributed by atoms with E-state index < -0.39 is 12.3 Å². The number of aliphatic hydroxyl groups is 2. The first-order chi connectivity index (χ1) is 12.5. The molecule has 0 aliphatic carbocycles. The quantitative estimate of drug-likeness (QED) is 0.299. The first kappa shape index (κ1) is 22.5. The Bertz CT molecular complexity index is 487. The molecule has 1 atom stereocenters. The summed E-state index contributed by atoms with van der Waals surface area (Å²) < 4.78 is 0. The lowest BCUT2D eigenvalue weighted by atomic mass is 10.0. The number of hydrogen-bond donors (Lipinski definition) is 4. The number of phenols is 1. The summed E-state index contributed by atoms with van der Waals surface area (Å²) in [4.78, 5) is 12.0. The largest absolute Gasteiger partial charge is 0.508 e. The van der Waals surface area contributed by atoms with Crippen LogP contribution in [0.5, 0.6) is 5.75 Å². The molecule has 0 bridgehead atoms. The minimum atomic E-state index is -1.61. The van der Waals surface area contributed by atoms with E-state index in [-0.39, 0.29) is 11.7 Å². The van der Waals surface area contributed by atoms with Crippen LogP contribution in [-0.4, -0.2) is 33.6 Å². The van der Waals surface area contributed by atoms with E-state index >= 15 is 0 Å². The maximum atomic E-state index is 12.0. The van der Waals surface area contributed by atoms with Crippen molar-refractivity contribution < 1.29 is 20.1 Å². The summed E-state index contributed by atoms with van der Waals surface area (Å²) in [6.45, 7) is 2.22. The smallest absolute Gasteiger partial charge is 0.220 e. The second-order valence-electron chi connectivity index (χ2n) is 7.04. The van der Waals surface area contributed by atoms with Crippen molar-refractivity contribution >= 4 is 5.91 Å². The molecular formula is C21H35NO4. The summed E-state index contributed by atoms with van der Waals surface area (Å²) in [7, 11) is 0. The monoisotopic (exact) mass is 365 g/mol. The maximum absolute atomic E-state index is 12.0. The van der Waals surface area contributed by atoms with Gasteiger partial charge in [-0.2, -0.15) is 0 Å². The van der Waals surface area contributed by atoms with Gasteiger partial charge in [-0.25, -0.2) is 0 Å². The zero-order valence-electron chi connectivity index (χ0n) is 16.0. The van der Waals surface area contributed by atoms with Crippen molar-refractivity contribution in [3.8, 4) is 5.75 Å². The van der Waals surface area contributed by atoms with Gasteiger partial charge in [0, 0.05) is 6.42 Å². The fourth-order valence-corrected chi connectivity index (χ4v) is 2.99. The normalized spacial score (nSPS) is 12.3. The van der Waals surface area contributed by atoms with Gasteiger partial charge in [-0.15, -0.1) is 0 Å². The van der Waals surface area contributed by atoms with Gasteiger partial charge in [0.15, 0.2) is 6.29 Å². The van der Waals surface area contributed by atoms with Crippen LogP contribution >= 0.6 is 0 Å². The Morgan fingerprint density at radius 1 is 0.923 bits per heavy atom. The number of phenolic OH excluding ortho intramolecular Hbond substituents is 1. The van der Waals surface area contributed by atoms with Gasteiger partial charge in [0.1, 0.15) is 5.75 Å². The molecule has 0 saturated heterocycles. The van der Waals surface area contributed by atoms with Crippen LogP contribution < -0.4 is 5.32 Å². The maximum Gasteiger partial charge on any atom is 0.220 e. The Balaban J connectivity index is 2.19. The van der Waals surface area contributed by atoms with Crippen LogP contribution in [0.15, 0.2) is 24.3 Å². The van der Waals surface area contributed by atoms with E-state index in [9.17, 15) is 20.1 Å². The molecule has 0 radical (unpaired) electrons. The third-order valence-electron chi connectivity index (χ3n) is 4.61. The van der Waals surface area contributed by atoms with Crippen LogP contribution in [0, 0.1) is 0 Å².